The maximum absolute atomic E-state index is 13.7. The number of carbonyl (C=O) groups is 1. The van der Waals surface area contributed by atoms with E-state index >= 15 is 0 Å². The smallest absolute Gasteiger partial charge is 0.211 e. The van der Waals surface area contributed by atoms with Gasteiger partial charge in [-0.3, -0.25) is 4.79 Å². The van der Waals surface area contributed by atoms with E-state index < -0.39 is 9.84 Å². The molecule has 3 aromatic carbocycles. The lowest BCUT2D eigenvalue weighted by Crippen LogP contribution is -2.08. The zero-order valence-electron chi connectivity index (χ0n) is 19.3. The van der Waals surface area contributed by atoms with Gasteiger partial charge in [0.05, 0.1) is 17.7 Å². The minimum absolute atomic E-state index is 0.0272. The molecular formula is C26H23ClN2O4S2. The zero-order valence-corrected chi connectivity index (χ0v) is 21.6. The van der Waals surface area contributed by atoms with E-state index in [0.717, 1.165) is 28.2 Å². The van der Waals surface area contributed by atoms with Crippen molar-refractivity contribution in [1.82, 2.24) is 0 Å². The number of sulfone groups is 1. The summed E-state index contributed by atoms with van der Waals surface area (Å²) >= 11 is 6.98. The Morgan fingerprint density at radius 1 is 0.971 bits per heavy atom. The second-order valence-corrected chi connectivity index (χ2v) is 11.3. The highest BCUT2D eigenvalue weighted by Gasteiger charge is 2.32. The molecular weight excluding hydrogens is 504 g/mol. The Labute approximate surface area is 213 Å². The number of nitrogens with one attached hydrogen (secondary N) is 1. The SMILES string of the molecule is COc1ccc(C(=O)c2sc(Nc3c(C)cccc3C)c(S(=O)(=O)c3ccc(Cl)cc3)c2N)cc1. The first-order valence-corrected chi connectivity index (χ1v) is 13.3. The molecule has 0 bridgehead atoms. The van der Waals surface area contributed by atoms with E-state index in [1.165, 1.54) is 31.4 Å². The summed E-state index contributed by atoms with van der Waals surface area (Å²) in [5.74, 6) is 0.223. The fourth-order valence-corrected chi connectivity index (χ4v) is 6.72. The third kappa shape index (κ3) is 4.77. The van der Waals surface area contributed by atoms with Gasteiger partial charge in [0.1, 0.15) is 20.5 Å². The van der Waals surface area contributed by atoms with Gasteiger partial charge in [-0.2, -0.15) is 0 Å². The highest BCUT2D eigenvalue weighted by atomic mass is 35.5. The lowest BCUT2D eigenvalue weighted by molar-refractivity contribution is 0.104. The maximum atomic E-state index is 13.7. The van der Waals surface area contributed by atoms with Crippen LogP contribution in [-0.2, 0) is 9.84 Å². The van der Waals surface area contributed by atoms with Crippen molar-refractivity contribution in [3.05, 3.63) is 93.3 Å². The van der Waals surface area contributed by atoms with E-state index in [4.69, 9.17) is 22.1 Å². The molecule has 6 nitrogen and oxygen atoms in total. The molecule has 0 fully saturated rings. The predicted octanol–water partition coefficient (Wildman–Crippen LogP) is 6.42. The minimum Gasteiger partial charge on any atom is -0.497 e. The quantitative estimate of drug-likeness (QED) is 0.270. The molecule has 3 N–H and O–H groups in total. The van der Waals surface area contributed by atoms with E-state index in [1.54, 1.807) is 24.3 Å². The summed E-state index contributed by atoms with van der Waals surface area (Å²) in [7, 11) is -2.54. The first-order chi connectivity index (χ1) is 16.6. The van der Waals surface area contributed by atoms with Crippen LogP contribution < -0.4 is 15.8 Å². The standard InChI is InChI=1S/C26H23ClN2O4S2/c1-15-5-4-6-16(2)22(15)29-26-25(35(31,32)20-13-9-18(27)10-14-20)21(28)24(34-26)23(30)17-7-11-19(33-3)12-8-17/h4-14,29H,28H2,1-3H3. The molecule has 0 aliphatic carbocycles. The number of ketones is 1. The van der Waals surface area contributed by atoms with E-state index in [1.807, 2.05) is 32.0 Å². The van der Waals surface area contributed by atoms with Gasteiger partial charge in [-0.25, -0.2) is 8.42 Å². The van der Waals surface area contributed by atoms with Crippen molar-refractivity contribution < 1.29 is 17.9 Å². The van der Waals surface area contributed by atoms with Gasteiger partial charge in [0.15, 0.2) is 0 Å². The van der Waals surface area contributed by atoms with Crippen molar-refractivity contribution in [3.8, 4) is 5.75 Å². The molecule has 0 saturated heterocycles. The van der Waals surface area contributed by atoms with Crippen LogP contribution in [-0.4, -0.2) is 21.3 Å². The van der Waals surface area contributed by atoms with Crippen LogP contribution in [0.25, 0.3) is 0 Å². The average Bonchev–Trinajstić information content (AvgIpc) is 3.17. The Bertz CT molecular complexity index is 1490. The van der Waals surface area contributed by atoms with Crippen molar-refractivity contribution in [1.29, 1.82) is 0 Å². The topological polar surface area (TPSA) is 98.5 Å². The number of benzene rings is 3. The molecule has 0 aliphatic heterocycles. The third-order valence-corrected chi connectivity index (χ3v) is 8.93. The summed E-state index contributed by atoms with van der Waals surface area (Å²) in [6, 6.07) is 18.2. The Morgan fingerprint density at radius 3 is 2.14 bits per heavy atom. The molecule has 0 radical (unpaired) electrons. The zero-order chi connectivity index (χ0) is 25.3. The van der Waals surface area contributed by atoms with Crippen LogP contribution in [0.3, 0.4) is 0 Å². The van der Waals surface area contributed by atoms with Gasteiger partial charge in [-0.05, 0) is 73.5 Å². The van der Waals surface area contributed by atoms with Crippen molar-refractivity contribution in [2.75, 3.05) is 18.2 Å². The molecule has 4 rings (SSSR count). The van der Waals surface area contributed by atoms with Crippen LogP contribution in [0.15, 0.2) is 76.5 Å². The van der Waals surface area contributed by atoms with E-state index in [2.05, 4.69) is 5.32 Å². The summed E-state index contributed by atoms with van der Waals surface area (Å²) in [6.07, 6.45) is 0. The highest BCUT2D eigenvalue weighted by molar-refractivity contribution is 7.92. The molecule has 1 heterocycles. The van der Waals surface area contributed by atoms with Gasteiger partial charge in [0.25, 0.3) is 0 Å². The number of rotatable bonds is 7. The summed E-state index contributed by atoms with van der Waals surface area (Å²) < 4.78 is 32.6. The number of hydrogen-bond donors (Lipinski definition) is 2. The van der Waals surface area contributed by atoms with Gasteiger partial charge in [-0.1, -0.05) is 29.8 Å². The number of halogens is 1. The molecule has 0 atom stereocenters. The summed E-state index contributed by atoms with van der Waals surface area (Å²) in [5.41, 5.74) is 9.28. The highest BCUT2D eigenvalue weighted by Crippen LogP contribution is 2.44. The van der Waals surface area contributed by atoms with Crippen LogP contribution in [0.5, 0.6) is 5.75 Å². The summed E-state index contributed by atoms with van der Waals surface area (Å²) in [5, 5.41) is 3.92. The molecule has 9 heteroatoms. The number of nitrogen functional groups attached to an aromatic ring is 1. The van der Waals surface area contributed by atoms with Crippen molar-refractivity contribution >= 4 is 54.9 Å². The molecule has 0 amide bonds. The van der Waals surface area contributed by atoms with Crippen molar-refractivity contribution in [3.63, 3.8) is 0 Å². The van der Waals surface area contributed by atoms with Crippen LogP contribution >= 0.6 is 22.9 Å². The Morgan fingerprint density at radius 2 is 1.57 bits per heavy atom. The molecule has 4 aromatic rings. The van der Waals surface area contributed by atoms with Crippen molar-refractivity contribution in [2.45, 2.75) is 23.6 Å². The molecule has 0 spiro atoms. The van der Waals surface area contributed by atoms with Gasteiger partial charge < -0.3 is 15.8 Å². The number of para-hydroxylation sites is 1. The average molecular weight is 527 g/mol. The number of methoxy groups -OCH3 is 1. The van der Waals surface area contributed by atoms with Crippen LogP contribution in [0.4, 0.5) is 16.4 Å². The fraction of sp³-hybridized carbons (Fsp3) is 0.115. The van der Waals surface area contributed by atoms with E-state index in [-0.39, 0.29) is 31.1 Å². The third-order valence-electron chi connectivity index (χ3n) is 5.57. The maximum Gasteiger partial charge on any atom is 0.211 e. The van der Waals surface area contributed by atoms with Crippen molar-refractivity contribution in [2.24, 2.45) is 0 Å². The fourth-order valence-electron chi connectivity index (χ4n) is 3.68. The number of hydrogen-bond acceptors (Lipinski definition) is 7. The monoisotopic (exact) mass is 526 g/mol. The Hall–Kier alpha value is -3.33. The normalized spacial score (nSPS) is 11.3. The first-order valence-electron chi connectivity index (χ1n) is 10.6. The molecule has 0 aliphatic rings. The predicted molar refractivity (Wildman–Crippen MR) is 141 cm³/mol. The van der Waals surface area contributed by atoms with E-state index in [9.17, 15) is 13.2 Å². The number of thiophene rings is 1. The van der Waals surface area contributed by atoms with Gasteiger partial charge >= 0.3 is 0 Å². The number of aryl methyl sites for hydroxylation is 2. The molecule has 180 valence electrons. The molecule has 0 saturated carbocycles. The second kappa shape index (κ2) is 9.73. The molecule has 1 aromatic heterocycles. The second-order valence-electron chi connectivity index (χ2n) is 7.91. The lowest BCUT2D eigenvalue weighted by Gasteiger charge is -2.13. The minimum atomic E-state index is -4.08. The summed E-state index contributed by atoms with van der Waals surface area (Å²) in [6.45, 7) is 3.84. The van der Waals surface area contributed by atoms with Crippen LogP contribution in [0, 0.1) is 13.8 Å². The molecule has 35 heavy (non-hydrogen) atoms. The number of nitrogens with two attached hydrogens (primary N) is 1. The Balaban J connectivity index is 1.90. The first kappa shape index (κ1) is 24.8. The summed E-state index contributed by atoms with van der Waals surface area (Å²) in [4.78, 5) is 13.4. The largest absolute Gasteiger partial charge is 0.497 e. The van der Waals surface area contributed by atoms with Gasteiger partial charge in [0, 0.05) is 16.3 Å². The molecule has 0 unspecified atom stereocenters. The van der Waals surface area contributed by atoms with Gasteiger partial charge in [0.2, 0.25) is 15.6 Å². The Kier molecular flexibility index (Phi) is 6.89. The lowest BCUT2D eigenvalue weighted by atomic mass is 10.1. The number of anilines is 3. The van der Waals surface area contributed by atoms with E-state index in [0.29, 0.717) is 16.3 Å². The van der Waals surface area contributed by atoms with Crippen LogP contribution in [0.2, 0.25) is 5.02 Å². The number of carbonyl (C=O) groups excluding carboxylic acids is 1. The van der Waals surface area contributed by atoms with Gasteiger partial charge in [-0.15, -0.1) is 11.3 Å². The number of ether oxygens (including phenoxy) is 1. The van der Waals surface area contributed by atoms with Crippen LogP contribution in [0.1, 0.15) is 26.4 Å².